The summed E-state index contributed by atoms with van der Waals surface area (Å²) in [5.41, 5.74) is 1.52. The van der Waals surface area contributed by atoms with Gasteiger partial charge in [-0.1, -0.05) is 11.6 Å². The molecule has 0 aromatic heterocycles. The van der Waals surface area contributed by atoms with Gasteiger partial charge in [-0.25, -0.2) is 13.1 Å². The van der Waals surface area contributed by atoms with E-state index in [2.05, 4.69) is 10.0 Å². The lowest BCUT2D eigenvalue weighted by Crippen LogP contribution is -2.21. The van der Waals surface area contributed by atoms with E-state index in [0.29, 0.717) is 16.1 Å². The lowest BCUT2D eigenvalue weighted by Gasteiger charge is -2.13. The number of aromatic hydroxyl groups is 1. The maximum Gasteiger partial charge on any atom is 0.255 e. The zero-order valence-electron chi connectivity index (χ0n) is 13.3. The first-order chi connectivity index (χ1) is 11.2. The maximum atomic E-state index is 12.4. The molecule has 2 aromatic rings. The van der Waals surface area contributed by atoms with Crippen LogP contribution >= 0.6 is 11.6 Å². The van der Waals surface area contributed by atoms with Crippen molar-refractivity contribution < 1.29 is 18.3 Å². The second kappa shape index (κ2) is 6.80. The number of phenols is 1. The van der Waals surface area contributed by atoms with Gasteiger partial charge in [0, 0.05) is 10.6 Å². The van der Waals surface area contributed by atoms with Crippen molar-refractivity contribution in [3.05, 3.63) is 52.0 Å². The number of benzene rings is 2. The topological polar surface area (TPSA) is 95.5 Å². The molecule has 0 aliphatic heterocycles. The highest BCUT2D eigenvalue weighted by atomic mass is 35.5. The van der Waals surface area contributed by atoms with E-state index in [1.165, 1.54) is 31.3 Å². The first-order valence-electron chi connectivity index (χ1n) is 7.00. The Morgan fingerprint density at radius 1 is 1.17 bits per heavy atom. The monoisotopic (exact) mass is 368 g/mol. The number of carbonyl (C=O) groups excluding carboxylic acids is 1. The minimum absolute atomic E-state index is 0.0328. The van der Waals surface area contributed by atoms with Crippen LogP contribution in [0.1, 0.15) is 21.5 Å². The molecule has 0 saturated carbocycles. The zero-order chi connectivity index (χ0) is 18.1. The Kier molecular flexibility index (Phi) is 5.17. The second-order valence-electron chi connectivity index (χ2n) is 5.24. The molecule has 0 atom stereocenters. The van der Waals surface area contributed by atoms with Gasteiger partial charge in [-0.3, -0.25) is 4.79 Å². The normalized spacial score (nSPS) is 11.3. The number of anilines is 1. The maximum absolute atomic E-state index is 12.4. The summed E-state index contributed by atoms with van der Waals surface area (Å²) in [4.78, 5) is 12.5. The average molecular weight is 369 g/mol. The van der Waals surface area contributed by atoms with E-state index < -0.39 is 15.9 Å². The van der Waals surface area contributed by atoms with Crippen LogP contribution in [0.3, 0.4) is 0 Å². The highest BCUT2D eigenvalue weighted by Crippen LogP contribution is 2.28. The van der Waals surface area contributed by atoms with Crippen molar-refractivity contribution in [3.63, 3.8) is 0 Å². The van der Waals surface area contributed by atoms with E-state index in [1.54, 1.807) is 19.9 Å². The van der Waals surface area contributed by atoms with Gasteiger partial charge in [-0.2, -0.15) is 0 Å². The summed E-state index contributed by atoms with van der Waals surface area (Å²) >= 11 is 5.85. The Morgan fingerprint density at radius 3 is 2.46 bits per heavy atom. The SMILES string of the molecule is CNS(=O)(=O)c1cc(C(=O)Nc2cc(Cl)ccc2O)cc(C)c1C. The zero-order valence-corrected chi connectivity index (χ0v) is 14.9. The average Bonchev–Trinajstić information content (AvgIpc) is 2.53. The number of carbonyl (C=O) groups is 1. The van der Waals surface area contributed by atoms with Gasteiger partial charge < -0.3 is 10.4 Å². The van der Waals surface area contributed by atoms with Gasteiger partial charge >= 0.3 is 0 Å². The van der Waals surface area contributed by atoms with Gasteiger partial charge in [0.15, 0.2) is 0 Å². The largest absolute Gasteiger partial charge is 0.506 e. The van der Waals surface area contributed by atoms with Crippen molar-refractivity contribution in [1.82, 2.24) is 4.72 Å². The summed E-state index contributed by atoms with van der Waals surface area (Å²) in [6.07, 6.45) is 0. The lowest BCUT2D eigenvalue weighted by molar-refractivity contribution is 0.102. The summed E-state index contributed by atoms with van der Waals surface area (Å²) < 4.78 is 26.5. The summed E-state index contributed by atoms with van der Waals surface area (Å²) in [7, 11) is -2.39. The summed E-state index contributed by atoms with van der Waals surface area (Å²) in [5.74, 6) is -0.692. The first-order valence-corrected chi connectivity index (χ1v) is 8.86. The van der Waals surface area contributed by atoms with Gasteiger partial charge in [0.25, 0.3) is 5.91 Å². The standard InChI is InChI=1S/C16H17ClN2O4S/c1-9-6-11(7-15(10(9)2)24(22,23)18-3)16(21)19-13-8-12(17)4-5-14(13)20/h4-8,18,20H,1-3H3,(H,19,21). The summed E-state index contributed by atoms with van der Waals surface area (Å²) in [6.45, 7) is 3.39. The molecule has 0 aliphatic carbocycles. The Morgan fingerprint density at radius 2 is 1.83 bits per heavy atom. The molecule has 0 saturated heterocycles. The lowest BCUT2D eigenvalue weighted by atomic mass is 10.1. The van der Waals surface area contributed by atoms with Crippen LogP contribution in [0.25, 0.3) is 0 Å². The summed E-state index contributed by atoms with van der Waals surface area (Å²) in [6, 6.07) is 7.13. The van der Waals surface area contributed by atoms with Crippen molar-refractivity contribution in [2.24, 2.45) is 0 Å². The van der Waals surface area contributed by atoms with Crippen molar-refractivity contribution in [2.45, 2.75) is 18.7 Å². The van der Waals surface area contributed by atoms with Crippen LogP contribution in [0.4, 0.5) is 5.69 Å². The van der Waals surface area contributed by atoms with E-state index in [-0.39, 0.29) is 21.9 Å². The number of phenolic OH excluding ortho intramolecular Hbond substituents is 1. The molecule has 0 unspecified atom stereocenters. The van der Waals surface area contributed by atoms with Crippen LogP contribution in [0.2, 0.25) is 5.02 Å². The molecule has 6 nitrogen and oxygen atoms in total. The molecule has 0 fully saturated rings. The van der Waals surface area contributed by atoms with E-state index in [4.69, 9.17) is 11.6 Å². The van der Waals surface area contributed by atoms with E-state index in [1.807, 2.05) is 0 Å². The van der Waals surface area contributed by atoms with Crippen LogP contribution in [0.5, 0.6) is 5.75 Å². The molecule has 24 heavy (non-hydrogen) atoms. The van der Waals surface area contributed by atoms with E-state index in [0.717, 1.165) is 0 Å². The number of amides is 1. The number of nitrogens with one attached hydrogen (secondary N) is 2. The number of hydrogen-bond acceptors (Lipinski definition) is 4. The molecular formula is C16H17ClN2O4S. The minimum atomic E-state index is -3.70. The number of halogens is 1. The highest BCUT2D eigenvalue weighted by Gasteiger charge is 2.20. The van der Waals surface area contributed by atoms with E-state index >= 15 is 0 Å². The Labute approximate surface area is 145 Å². The molecule has 2 rings (SSSR count). The molecule has 0 bridgehead atoms. The third-order valence-electron chi connectivity index (χ3n) is 3.65. The Hall–Kier alpha value is -2.09. The number of aryl methyl sites for hydroxylation is 1. The van der Waals surface area contributed by atoms with Crippen molar-refractivity contribution in [1.29, 1.82) is 0 Å². The molecule has 0 heterocycles. The molecule has 1 amide bonds. The van der Waals surface area contributed by atoms with Crippen LogP contribution in [-0.4, -0.2) is 26.5 Å². The van der Waals surface area contributed by atoms with E-state index in [9.17, 15) is 18.3 Å². The van der Waals surface area contributed by atoms with Gasteiger partial charge in [0.2, 0.25) is 10.0 Å². The summed E-state index contributed by atoms with van der Waals surface area (Å²) in [5, 5.41) is 12.6. The quantitative estimate of drug-likeness (QED) is 0.723. The molecule has 0 radical (unpaired) electrons. The van der Waals surface area contributed by atoms with Gasteiger partial charge in [0.1, 0.15) is 5.75 Å². The van der Waals surface area contributed by atoms with Gasteiger partial charge in [-0.05, 0) is 62.4 Å². The van der Waals surface area contributed by atoms with Crippen LogP contribution in [0.15, 0.2) is 35.2 Å². The predicted octanol–water partition coefficient (Wildman–Crippen LogP) is 2.82. The van der Waals surface area contributed by atoms with Crippen molar-refractivity contribution in [3.8, 4) is 5.75 Å². The molecule has 0 aliphatic rings. The van der Waals surface area contributed by atoms with Crippen molar-refractivity contribution >= 4 is 33.2 Å². The smallest absolute Gasteiger partial charge is 0.255 e. The Balaban J connectivity index is 2.45. The van der Waals surface area contributed by atoms with Gasteiger partial charge in [0.05, 0.1) is 10.6 Å². The molecule has 128 valence electrons. The molecular weight excluding hydrogens is 352 g/mol. The predicted molar refractivity (Wildman–Crippen MR) is 93.2 cm³/mol. The minimum Gasteiger partial charge on any atom is -0.506 e. The van der Waals surface area contributed by atoms with Gasteiger partial charge in [-0.15, -0.1) is 0 Å². The molecule has 0 spiro atoms. The third kappa shape index (κ3) is 3.69. The third-order valence-corrected chi connectivity index (χ3v) is 5.42. The second-order valence-corrected chi connectivity index (χ2v) is 7.53. The number of rotatable bonds is 4. The Bertz CT molecular complexity index is 911. The van der Waals surface area contributed by atoms with Crippen molar-refractivity contribution in [2.75, 3.05) is 12.4 Å². The number of hydrogen-bond donors (Lipinski definition) is 3. The fourth-order valence-corrected chi connectivity index (χ4v) is 3.39. The van der Waals surface area contributed by atoms with Crippen LogP contribution in [-0.2, 0) is 10.0 Å². The van der Waals surface area contributed by atoms with Crippen LogP contribution in [0, 0.1) is 13.8 Å². The number of sulfonamides is 1. The fourth-order valence-electron chi connectivity index (χ4n) is 2.15. The fraction of sp³-hybridized carbons (Fsp3) is 0.188. The molecule has 3 N–H and O–H groups in total. The highest BCUT2D eigenvalue weighted by molar-refractivity contribution is 7.89. The molecule has 2 aromatic carbocycles. The first kappa shape index (κ1) is 18.3. The molecule has 8 heteroatoms. The van der Waals surface area contributed by atoms with Crippen LogP contribution < -0.4 is 10.0 Å².